The van der Waals surface area contributed by atoms with Crippen LogP contribution < -0.4 is 10.5 Å². The molecule has 1 aromatic carbocycles. The van der Waals surface area contributed by atoms with Gasteiger partial charge in [0.05, 0.1) is 12.7 Å². The zero-order valence-corrected chi connectivity index (χ0v) is 8.23. The van der Waals surface area contributed by atoms with Gasteiger partial charge in [0.2, 0.25) is 0 Å². The van der Waals surface area contributed by atoms with Crippen LogP contribution in [0.1, 0.15) is 18.0 Å². The van der Waals surface area contributed by atoms with Crippen molar-refractivity contribution in [2.75, 3.05) is 7.11 Å². The fraction of sp³-hybridized carbons (Fsp3) is 0.273. The Morgan fingerprint density at radius 1 is 1.64 bits per heavy atom. The first-order chi connectivity index (χ1) is 6.70. The first-order valence-electron chi connectivity index (χ1n) is 4.43. The molecule has 0 saturated carbocycles. The lowest BCUT2D eigenvalue weighted by Gasteiger charge is -2.15. The minimum atomic E-state index is -0.274. The third kappa shape index (κ3) is 2.06. The van der Waals surface area contributed by atoms with E-state index in [1.54, 1.807) is 31.4 Å². The topological polar surface area (TPSA) is 55.5 Å². The number of nitrogens with two attached hydrogens (primary N) is 1. The standard InChI is InChI=1S/C11H15NO2/c1-3-5-8(12)11-9(13)6-4-7-10(11)14-2/h3-4,6-8,13H,1,5,12H2,2H3/t8-/m0/s1. The van der Waals surface area contributed by atoms with Crippen molar-refractivity contribution in [3.63, 3.8) is 0 Å². The number of hydrogen-bond donors (Lipinski definition) is 2. The molecule has 0 bridgehead atoms. The smallest absolute Gasteiger partial charge is 0.127 e. The first kappa shape index (κ1) is 10.6. The Balaban J connectivity index is 3.09. The highest BCUT2D eigenvalue weighted by atomic mass is 16.5. The van der Waals surface area contributed by atoms with E-state index in [4.69, 9.17) is 10.5 Å². The van der Waals surface area contributed by atoms with E-state index in [1.165, 1.54) is 0 Å². The second-order valence-corrected chi connectivity index (χ2v) is 3.02. The second kappa shape index (κ2) is 4.67. The quantitative estimate of drug-likeness (QED) is 0.719. The molecule has 0 unspecified atom stereocenters. The van der Waals surface area contributed by atoms with E-state index in [9.17, 15) is 5.11 Å². The van der Waals surface area contributed by atoms with E-state index in [0.29, 0.717) is 17.7 Å². The van der Waals surface area contributed by atoms with Crippen LogP contribution in [-0.4, -0.2) is 12.2 Å². The van der Waals surface area contributed by atoms with Gasteiger partial charge in [-0.2, -0.15) is 0 Å². The molecule has 0 aromatic heterocycles. The van der Waals surface area contributed by atoms with Crippen LogP contribution in [0.5, 0.6) is 11.5 Å². The van der Waals surface area contributed by atoms with Crippen LogP contribution in [0.3, 0.4) is 0 Å². The molecule has 3 N–H and O–H groups in total. The van der Waals surface area contributed by atoms with Gasteiger partial charge in [0.15, 0.2) is 0 Å². The van der Waals surface area contributed by atoms with Crippen LogP contribution in [0.25, 0.3) is 0 Å². The minimum Gasteiger partial charge on any atom is -0.507 e. The highest BCUT2D eigenvalue weighted by Gasteiger charge is 2.14. The summed E-state index contributed by atoms with van der Waals surface area (Å²) in [6, 6.07) is 4.82. The monoisotopic (exact) mass is 193 g/mol. The summed E-state index contributed by atoms with van der Waals surface area (Å²) < 4.78 is 5.12. The average molecular weight is 193 g/mol. The van der Waals surface area contributed by atoms with Crippen molar-refractivity contribution in [1.29, 1.82) is 0 Å². The normalized spacial score (nSPS) is 12.1. The highest BCUT2D eigenvalue weighted by molar-refractivity contribution is 5.46. The van der Waals surface area contributed by atoms with Crippen LogP contribution in [0.4, 0.5) is 0 Å². The molecule has 3 heteroatoms. The predicted molar refractivity (Wildman–Crippen MR) is 56.4 cm³/mol. The van der Waals surface area contributed by atoms with Crippen molar-refractivity contribution in [3.8, 4) is 11.5 Å². The van der Waals surface area contributed by atoms with Crippen LogP contribution in [0.15, 0.2) is 30.9 Å². The van der Waals surface area contributed by atoms with Gasteiger partial charge >= 0.3 is 0 Å². The number of phenolic OH excluding ortho intramolecular Hbond substituents is 1. The summed E-state index contributed by atoms with van der Waals surface area (Å²) in [4.78, 5) is 0. The lowest BCUT2D eigenvalue weighted by Crippen LogP contribution is -2.10. The molecule has 0 radical (unpaired) electrons. The molecule has 3 nitrogen and oxygen atoms in total. The molecule has 0 amide bonds. The maximum atomic E-state index is 9.63. The number of hydrogen-bond acceptors (Lipinski definition) is 3. The number of phenols is 1. The molecular formula is C11H15NO2. The van der Waals surface area contributed by atoms with Gasteiger partial charge in [-0.3, -0.25) is 0 Å². The van der Waals surface area contributed by atoms with E-state index in [1.807, 2.05) is 0 Å². The first-order valence-corrected chi connectivity index (χ1v) is 4.43. The fourth-order valence-electron chi connectivity index (χ4n) is 1.38. The Bertz CT molecular complexity index is 323. The van der Waals surface area contributed by atoms with Gasteiger partial charge < -0.3 is 15.6 Å². The van der Waals surface area contributed by atoms with Crippen molar-refractivity contribution in [2.24, 2.45) is 5.73 Å². The van der Waals surface area contributed by atoms with E-state index in [-0.39, 0.29) is 11.8 Å². The third-order valence-corrected chi connectivity index (χ3v) is 2.05. The molecular weight excluding hydrogens is 178 g/mol. The Labute approximate surface area is 83.8 Å². The molecule has 0 aliphatic rings. The maximum Gasteiger partial charge on any atom is 0.127 e. The average Bonchev–Trinajstić information content (AvgIpc) is 2.17. The summed E-state index contributed by atoms with van der Waals surface area (Å²) in [7, 11) is 1.55. The Morgan fingerprint density at radius 3 is 2.93 bits per heavy atom. The molecule has 0 heterocycles. The summed E-state index contributed by atoms with van der Waals surface area (Å²) in [6.07, 6.45) is 2.32. The summed E-state index contributed by atoms with van der Waals surface area (Å²) in [5.74, 6) is 0.776. The van der Waals surface area contributed by atoms with Crippen LogP contribution in [0, 0.1) is 0 Å². The molecule has 0 aliphatic carbocycles. The minimum absolute atomic E-state index is 0.165. The SMILES string of the molecule is C=CC[C@H](N)c1c(O)cccc1OC. The number of aromatic hydroxyl groups is 1. The number of rotatable bonds is 4. The van der Waals surface area contributed by atoms with Crippen molar-refractivity contribution >= 4 is 0 Å². The fourth-order valence-corrected chi connectivity index (χ4v) is 1.38. The largest absolute Gasteiger partial charge is 0.507 e. The Hall–Kier alpha value is -1.48. The van der Waals surface area contributed by atoms with Crippen molar-refractivity contribution in [2.45, 2.75) is 12.5 Å². The number of ether oxygens (including phenoxy) is 1. The van der Waals surface area contributed by atoms with Crippen molar-refractivity contribution in [3.05, 3.63) is 36.4 Å². The van der Waals surface area contributed by atoms with E-state index in [2.05, 4.69) is 6.58 Å². The Kier molecular flexibility index (Phi) is 3.54. The lowest BCUT2D eigenvalue weighted by atomic mass is 10.0. The zero-order valence-electron chi connectivity index (χ0n) is 8.23. The Morgan fingerprint density at radius 2 is 2.36 bits per heavy atom. The van der Waals surface area contributed by atoms with Crippen molar-refractivity contribution in [1.82, 2.24) is 0 Å². The van der Waals surface area contributed by atoms with Gasteiger partial charge in [0, 0.05) is 6.04 Å². The molecule has 0 aliphatic heterocycles. The molecule has 1 rings (SSSR count). The van der Waals surface area contributed by atoms with E-state index >= 15 is 0 Å². The maximum absolute atomic E-state index is 9.63. The second-order valence-electron chi connectivity index (χ2n) is 3.02. The molecule has 1 atom stereocenters. The summed E-state index contributed by atoms with van der Waals surface area (Å²) in [5, 5.41) is 9.63. The van der Waals surface area contributed by atoms with E-state index in [0.717, 1.165) is 0 Å². The molecule has 14 heavy (non-hydrogen) atoms. The van der Waals surface area contributed by atoms with Crippen LogP contribution >= 0.6 is 0 Å². The van der Waals surface area contributed by atoms with Gasteiger partial charge in [-0.25, -0.2) is 0 Å². The number of benzene rings is 1. The molecule has 0 saturated heterocycles. The van der Waals surface area contributed by atoms with Gasteiger partial charge in [0.1, 0.15) is 11.5 Å². The zero-order chi connectivity index (χ0) is 10.6. The summed E-state index contributed by atoms with van der Waals surface area (Å²) in [6.45, 7) is 3.61. The molecule has 76 valence electrons. The van der Waals surface area contributed by atoms with Crippen LogP contribution in [0.2, 0.25) is 0 Å². The molecule has 0 fully saturated rings. The summed E-state index contributed by atoms with van der Waals surface area (Å²) in [5.41, 5.74) is 6.51. The van der Waals surface area contributed by atoms with Gasteiger partial charge in [-0.05, 0) is 18.6 Å². The third-order valence-electron chi connectivity index (χ3n) is 2.05. The molecule has 0 spiro atoms. The van der Waals surface area contributed by atoms with Gasteiger partial charge in [0.25, 0.3) is 0 Å². The predicted octanol–water partition coefficient (Wildman–Crippen LogP) is 1.98. The van der Waals surface area contributed by atoms with Gasteiger partial charge in [-0.1, -0.05) is 12.1 Å². The highest BCUT2D eigenvalue weighted by Crippen LogP contribution is 2.33. The van der Waals surface area contributed by atoms with Crippen molar-refractivity contribution < 1.29 is 9.84 Å². The molecule has 1 aromatic rings. The number of methoxy groups -OCH3 is 1. The summed E-state index contributed by atoms with van der Waals surface area (Å²) >= 11 is 0. The van der Waals surface area contributed by atoms with Gasteiger partial charge in [-0.15, -0.1) is 6.58 Å². The lowest BCUT2D eigenvalue weighted by molar-refractivity contribution is 0.393. The van der Waals surface area contributed by atoms with Crippen LogP contribution in [-0.2, 0) is 0 Å². The van der Waals surface area contributed by atoms with E-state index < -0.39 is 0 Å².